The van der Waals surface area contributed by atoms with Gasteiger partial charge in [-0.05, 0) is 19.1 Å². The van der Waals surface area contributed by atoms with Crippen molar-refractivity contribution in [2.45, 2.75) is 19.0 Å². The predicted molar refractivity (Wildman–Crippen MR) is 101 cm³/mol. The van der Waals surface area contributed by atoms with E-state index in [0.717, 1.165) is 23.3 Å². The Morgan fingerprint density at radius 1 is 0.889 bits per heavy atom. The summed E-state index contributed by atoms with van der Waals surface area (Å²) in [6.45, 7) is 1.76. The molecule has 27 heavy (non-hydrogen) atoms. The molecule has 0 aliphatic rings. The van der Waals surface area contributed by atoms with E-state index in [1.807, 2.05) is 66.0 Å². The summed E-state index contributed by atoms with van der Waals surface area (Å²) in [6, 6.07) is 22.3. The van der Waals surface area contributed by atoms with E-state index in [2.05, 4.69) is 5.32 Å². The normalized spacial score (nSPS) is 12.0. The summed E-state index contributed by atoms with van der Waals surface area (Å²) >= 11 is 0. The lowest BCUT2D eigenvalue weighted by Gasteiger charge is -2.21. The van der Waals surface area contributed by atoms with Crippen LogP contribution in [0.5, 0.6) is 0 Å². The molecule has 3 nitrogen and oxygen atoms in total. The quantitative estimate of drug-likeness (QED) is 0.686. The first-order chi connectivity index (χ1) is 13.0. The van der Waals surface area contributed by atoms with Crippen molar-refractivity contribution in [1.82, 2.24) is 0 Å². The van der Waals surface area contributed by atoms with E-state index in [4.69, 9.17) is 0 Å². The van der Waals surface area contributed by atoms with Crippen molar-refractivity contribution in [3.8, 4) is 0 Å². The number of hydrogen-bond donors (Lipinski definition) is 2. The van der Waals surface area contributed by atoms with Gasteiger partial charge in [0.1, 0.15) is 17.7 Å². The second kappa shape index (κ2) is 8.56. The first kappa shape index (κ1) is 18.7. The van der Waals surface area contributed by atoms with E-state index in [-0.39, 0.29) is 17.6 Å². The third-order valence-corrected chi connectivity index (χ3v) is 4.40. The van der Waals surface area contributed by atoms with Gasteiger partial charge in [0, 0.05) is 17.2 Å². The summed E-state index contributed by atoms with van der Waals surface area (Å²) < 4.78 is 26.8. The zero-order valence-electron chi connectivity index (χ0n) is 14.9. The monoisotopic (exact) mass is 367 g/mol. The smallest absolute Gasteiger partial charge is 0.282 e. The average molecular weight is 367 g/mol. The third kappa shape index (κ3) is 4.77. The number of hydrogen-bond acceptors (Lipinski definition) is 1. The number of benzene rings is 3. The fourth-order valence-corrected chi connectivity index (χ4v) is 2.95. The van der Waals surface area contributed by atoms with Crippen LogP contribution in [0.2, 0.25) is 0 Å². The molecule has 0 saturated carbocycles. The molecule has 3 aromatic rings. The highest BCUT2D eigenvalue weighted by molar-refractivity contribution is 5.93. The Bertz CT molecular complexity index is 861. The van der Waals surface area contributed by atoms with Crippen molar-refractivity contribution in [2.24, 2.45) is 0 Å². The molecule has 138 valence electrons. The molecule has 3 N–H and O–H groups in total. The number of carbonyl (C=O) groups excluding carboxylic acids is 1. The lowest BCUT2D eigenvalue weighted by molar-refractivity contribution is -0.704. The van der Waals surface area contributed by atoms with Gasteiger partial charge in [-0.25, -0.2) is 8.78 Å². The standard InChI is InChI=1S/C22H20F2N2O/c1-15(22(27)26-20-13-12-18(23)14-19(20)24)25-21(16-8-4-2-5-9-16)17-10-6-3-7-11-17/h2-15,21,25H,1H3,(H,26,27)/p+1/t15-/m1/s1. The third-order valence-electron chi connectivity index (χ3n) is 4.40. The Balaban J connectivity index is 1.78. The molecule has 1 amide bonds. The van der Waals surface area contributed by atoms with Crippen LogP contribution < -0.4 is 10.6 Å². The number of carbonyl (C=O) groups is 1. The number of rotatable bonds is 6. The Kier molecular flexibility index (Phi) is 5.94. The first-order valence-corrected chi connectivity index (χ1v) is 8.75. The molecule has 0 heterocycles. The van der Waals surface area contributed by atoms with Crippen molar-refractivity contribution in [3.63, 3.8) is 0 Å². The Hall–Kier alpha value is -3.05. The average Bonchev–Trinajstić information content (AvgIpc) is 2.69. The van der Waals surface area contributed by atoms with Crippen LogP contribution >= 0.6 is 0 Å². The summed E-state index contributed by atoms with van der Waals surface area (Å²) in [4.78, 5) is 12.5. The van der Waals surface area contributed by atoms with Crippen molar-refractivity contribution >= 4 is 11.6 Å². The van der Waals surface area contributed by atoms with Crippen LogP contribution in [0.15, 0.2) is 78.9 Å². The van der Waals surface area contributed by atoms with Crippen LogP contribution in [0, 0.1) is 11.6 Å². The van der Waals surface area contributed by atoms with Gasteiger partial charge in [-0.3, -0.25) is 4.79 Å². The molecule has 5 heteroatoms. The lowest BCUT2D eigenvalue weighted by Crippen LogP contribution is -2.92. The molecule has 0 aliphatic heterocycles. The topological polar surface area (TPSA) is 45.7 Å². The Morgan fingerprint density at radius 2 is 1.44 bits per heavy atom. The van der Waals surface area contributed by atoms with Gasteiger partial charge in [0.05, 0.1) is 5.69 Å². The number of anilines is 1. The maximum Gasteiger partial charge on any atom is 0.282 e. The van der Waals surface area contributed by atoms with Gasteiger partial charge < -0.3 is 10.6 Å². The van der Waals surface area contributed by atoms with Gasteiger partial charge in [0.15, 0.2) is 6.04 Å². The number of halogens is 2. The molecule has 3 rings (SSSR count). The van der Waals surface area contributed by atoms with Crippen LogP contribution in [-0.2, 0) is 4.79 Å². The molecule has 3 aromatic carbocycles. The fraction of sp³-hybridized carbons (Fsp3) is 0.136. The zero-order valence-corrected chi connectivity index (χ0v) is 14.9. The molecule has 0 saturated heterocycles. The van der Waals surface area contributed by atoms with E-state index in [1.54, 1.807) is 6.92 Å². The van der Waals surface area contributed by atoms with Crippen LogP contribution in [0.4, 0.5) is 14.5 Å². The SMILES string of the molecule is C[C@@H]([NH2+]C(c1ccccc1)c1ccccc1)C(=O)Nc1ccc(F)cc1F. The molecular formula is C22H21F2N2O+. The second-order valence-electron chi connectivity index (χ2n) is 6.39. The Morgan fingerprint density at radius 3 is 1.96 bits per heavy atom. The molecule has 0 aromatic heterocycles. The molecule has 0 radical (unpaired) electrons. The molecule has 0 bridgehead atoms. The van der Waals surface area contributed by atoms with Crippen LogP contribution in [0.3, 0.4) is 0 Å². The fourth-order valence-electron chi connectivity index (χ4n) is 2.95. The Labute approximate surface area is 157 Å². The minimum absolute atomic E-state index is 0.0300. The second-order valence-corrected chi connectivity index (χ2v) is 6.39. The van der Waals surface area contributed by atoms with Gasteiger partial charge in [-0.15, -0.1) is 0 Å². The highest BCUT2D eigenvalue weighted by Crippen LogP contribution is 2.18. The van der Waals surface area contributed by atoms with Gasteiger partial charge >= 0.3 is 0 Å². The summed E-state index contributed by atoms with van der Waals surface area (Å²) in [5.41, 5.74) is 2.10. The van der Waals surface area contributed by atoms with E-state index in [9.17, 15) is 13.6 Å². The van der Waals surface area contributed by atoms with Gasteiger partial charge in [-0.1, -0.05) is 60.7 Å². The molecule has 0 fully saturated rings. The van der Waals surface area contributed by atoms with Crippen LogP contribution in [-0.4, -0.2) is 11.9 Å². The molecule has 0 spiro atoms. The molecule has 1 atom stereocenters. The lowest BCUT2D eigenvalue weighted by atomic mass is 9.98. The van der Waals surface area contributed by atoms with Crippen molar-refractivity contribution in [3.05, 3.63) is 102 Å². The van der Waals surface area contributed by atoms with E-state index >= 15 is 0 Å². The highest BCUT2D eigenvalue weighted by Gasteiger charge is 2.25. The van der Waals surface area contributed by atoms with E-state index in [0.29, 0.717) is 0 Å². The number of nitrogens with two attached hydrogens (primary N) is 1. The van der Waals surface area contributed by atoms with Crippen LogP contribution in [0.1, 0.15) is 24.1 Å². The van der Waals surface area contributed by atoms with Crippen LogP contribution in [0.25, 0.3) is 0 Å². The zero-order chi connectivity index (χ0) is 19.2. The number of nitrogens with one attached hydrogen (secondary N) is 1. The maximum atomic E-state index is 13.8. The van der Waals surface area contributed by atoms with Crippen molar-refractivity contribution < 1.29 is 18.9 Å². The van der Waals surface area contributed by atoms with Gasteiger partial charge in [-0.2, -0.15) is 0 Å². The maximum absolute atomic E-state index is 13.8. The number of quaternary nitrogens is 1. The molecular weight excluding hydrogens is 346 g/mol. The number of amides is 1. The summed E-state index contributed by atoms with van der Waals surface area (Å²) in [5.74, 6) is -1.83. The summed E-state index contributed by atoms with van der Waals surface area (Å²) in [6.07, 6.45) is 0. The summed E-state index contributed by atoms with van der Waals surface area (Å²) in [7, 11) is 0. The first-order valence-electron chi connectivity index (χ1n) is 8.75. The minimum atomic E-state index is -0.793. The van der Waals surface area contributed by atoms with Gasteiger partial charge in [0.2, 0.25) is 0 Å². The predicted octanol–water partition coefficient (Wildman–Crippen LogP) is 3.64. The van der Waals surface area contributed by atoms with Crippen molar-refractivity contribution in [2.75, 3.05) is 5.32 Å². The molecule has 0 aliphatic carbocycles. The minimum Gasteiger partial charge on any atom is -0.326 e. The van der Waals surface area contributed by atoms with Gasteiger partial charge in [0.25, 0.3) is 5.91 Å². The van der Waals surface area contributed by atoms with E-state index < -0.39 is 17.7 Å². The molecule has 0 unspecified atom stereocenters. The largest absolute Gasteiger partial charge is 0.326 e. The van der Waals surface area contributed by atoms with Crippen molar-refractivity contribution in [1.29, 1.82) is 0 Å². The highest BCUT2D eigenvalue weighted by atomic mass is 19.1. The van der Waals surface area contributed by atoms with E-state index in [1.165, 1.54) is 6.07 Å². The summed E-state index contributed by atoms with van der Waals surface area (Å²) in [5, 5.41) is 4.47.